The van der Waals surface area contributed by atoms with Gasteiger partial charge in [-0.2, -0.15) is 0 Å². The number of rotatable bonds is 9. The zero-order chi connectivity index (χ0) is 28.6. The molecule has 0 saturated carbocycles. The van der Waals surface area contributed by atoms with Gasteiger partial charge in [-0.05, 0) is 72.2 Å². The van der Waals surface area contributed by atoms with Crippen molar-refractivity contribution < 1.29 is 19.1 Å². The molecule has 1 aliphatic rings. The summed E-state index contributed by atoms with van der Waals surface area (Å²) in [6.45, 7) is 0.686. The molecule has 0 aliphatic carbocycles. The van der Waals surface area contributed by atoms with Crippen LogP contribution in [0.1, 0.15) is 21.5 Å². The Labute approximate surface area is 243 Å². The molecule has 4 aromatic carbocycles. The Morgan fingerprint density at radius 2 is 1.68 bits per heavy atom. The number of carbonyl (C=O) groups excluding carboxylic acids is 3. The first kappa shape index (κ1) is 27.7. The second-order valence-electron chi connectivity index (χ2n) is 9.35. The van der Waals surface area contributed by atoms with Crippen LogP contribution >= 0.6 is 11.8 Å². The molecule has 1 heterocycles. The minimum Gasteiger partial charge on any atom is -0.497 e. The number of anilines is 2. The van der Waals surface area contributed by atoms with Gasteiger partial charge in [0.05, 0.1) is 12.9 Å². The van der Waals surface area contributed by atoms with Gasteiger partial charge >= 0.3 is 0 Å². The molecule has 4 aromatic rings. The highest BCUT2D eigenvalue weighted by Crippen LogP contribution is 2.29. The molecule has 0 fully saturated rings. The first-order valence-corrected chi connectivity index (χ1v) is 14.1. The van der Waals surface area contributed by atoms with Gasteiger partial charge in [0, 0.05) is 28.4 Å². The fourth-order valence-corrected chi connectivity index (χ4v) is 5.35. The van der Waals surface area contributed by atoms with E-state index in [1.54, 1.807) is 55.7 Å². The average Bonchev–Trinajstić information content (AvgIpc) is 3.44. The third-order valence-electron chi connectivity index (χ3n) is 6.58. The van der Waals surface area contributed by atoms with Crippen LogP contribution in [0.2, 0.25) is 0 Å². The Bertz CT molecular complexity index is 1600. The molecule has 0 spiro atoms. The summed E-state index contributed by atoms with van der Waals surface area (Å²) in [6.07, 6.45) is 2.46. The smallest absolute Gasteiger partial charge is 0.272 e. The molecule has 7 nitrogen and oxygen atoms in total. The highest BCUT2D eigenvalue weighted by molar-refractivity contribution is 8.00. The Morgan fingerprint density at radius 1 is 0.902 bits per heavy atom. The molecular weight excluding hydrogens is 534 g/mol. The predicted octanol–water partition coefficient (Wildman–Crippen LogP) is 5.79. The topological polar surface area (TPSA) is 87.7 Å². The van der Waals surface area contributed by atoms with Crippen molar-refractivity contribution in [2.24, 2.45) is 0 Å². The third kappa shape index (κ3) is 7.04. The first-order chi connectivity index (χ1) is 20.0. The number of carbonyl (C=O) groups is 3. The average molecular weight is 564 g/mol. The fourth-order valence-electron chi connectivity index (χ4n) is 4.52. The van der Waals surface area contributed by atoms with E-state index in [-0.39, 0.29) is 17.4 Å². The molecule has 0 atom stereocenters. The largest absolute Gasteiger partial charge is 0.497 e. The lowest BCUT2D eigenvalue weighted by Gasteiger charge is -2.17. The normalized spacial score (nSPS) is 12.4. The summed E-state index contributed by atoms with van der Waals surface area (Å²) in [4.78, 5) is 42.0. The summed E-state index contributed by atoms with van der Waals surface area (Å²) in [5, 5.41) is 5.63. The molecule has 0 radical (unpaired) electrons. The molecular formula is C33H29N3O4S. The molecule has 2 N–H and O–H groups in total. The van der Waals surface area contributed by atoms with Crippen LogP contribution in [0.25, 0.3) is 6.08 Å². The van der Waals surface area contributed by atoms with E-state index in [1.165, 1.54) is 17.3 Å². The van der Waals surface area contributed by atoms with Crippen LogP contribution in [-0.2, 0) is 16.0 Å². The summed E-state index contributed by atoms with van der Waals surface area (Å²) in [6, 6.07) is 31.2. The van der Waals surface area contributed by atoms with Crippen molar-refractivity contribution in [3.63, 3.8) is 0 Å². The third-order valence-corrected chi connectivity index (χ3v) is 7.55. The molecule has 206 valence electrons. The van der Waals surface area contributed by atoms with E-state index < -0.39 is 11.8 Å². The van der Waals surface area contributed by atoms with Gasteiger partial charge in [0.25, 0.3) is 11.8 Å². The van der Waals surface area contributed by atoms with Gasteiger partial charge in [-0.15, -0.1) is 11.8 Å². The van der Waals surface area contributed by atoms with Gasteiger partial charge in [0.2, 0.25) is 5.91 Å². The van der Waals surface area contributed by atoms with Crippen molar-refractivity contribution in [1.29, 1.82) is 0 Å². The molecule has 0 unspecified atom stereocenters. The number of nitrogens with one attached hydrogen (secondary N) is 2. The highest BCUT2D eigenvalue weighted by Gasteiger charge is 2.24. The van der Waals surface area contributed by atoms with Crippen molar-refractivity contribution in [2.75, 3.05) is 29.6 Å². The SMILES string of the molecule is COc1cccc(/C=C(\NC(=O)c2ccccc2)C(=O)Nc2cccc(SCC(=O)N3CCc4ccccc43)c2)c1. The number of hydrogen-bond donors (Lipinski definition) is 2. The highest BCUT2D eigenvalue weighted by atomic mass is 32.2. The van der Waals surface area contributed by atoms with Crippen molar-refractivity contribution in [1.82, 2.24) is 5.32 Å². The number of para-hydroxylation sites is 1. The number of fused-ring (bicyclic) bond motifs is 1. The molecule has 1 aliphatic heterocycles. The minimum atomic E-state index is -0.482. The number of methoxy groups -OCH3 is 1. The van der Waals surface area contributed by atoms with Crippen LogP contribution in [0.5, 0.6) is 5.75 Å². The zero-order valence-electron chi connectivity index (χ0n) is 22.5. The molecule has 5 rings (SSSR count). The van der Waals surface area contributed by atoms with Crippen LogP contribution in [0.4, 0.5) is 11.4 Å². The molecule has 3 amide bonds. The van der Waals surface area contributed by atoms with Gasteiger partial charge in [0.15, 0.2) is 0 Å². The molecule has 0 bridgehead atoms. The number of thioether (sulfide) groups is 1. The van der Waals surface area contributed by atoms with Gasteiger partial charge in [-0.25, -0.2) is 0 Å². The predicted molar refractivity (Wildman–Crippen MR) is 163 cm³/mol. The maximum atomic E-state index is 13.4. The summed E-state index contributed by atoms with van der Waals surface area (Å²) in [7, 11) is 1.57. The number of benzene rings is 4. The lowest BCUT2D eigenvalue weighted by Crippen LogP contribution is -2.30. The van der Waals surface area contributed by atoms with E-state index in [0.29, 0.717) is 29.1 Å². The van der Waals surface area contributed by atoms with Crippen molar-refractivity contribution >= 4 is 46.9 Å². The number of amides is 3. The van der Waals surface area contributed by atoms with Crippen molar-refractivity contribution in [2.45, 2.75) is 11.3 Å². The Kier molecular flexibility index (Phi) is 8.81. The monoisotopic (exact) mass is 563 g/mol. The van der Waals surface area contributed by atoms with Gasteiger partial charge < -0.3 is 20.3 Å². The molecule has 0 saturated heterocycles. The zero-order valence-corrected chi connectivity index (χ0v) is 23.3. The Hall–Kier alpha value is -4.82. The maximum absolute atomic E-state index is 13.4. The lowest BCUT2D eigenvalue weighted by molar-refractivity contribution is -0.116. The number of nitrogens with zero attached hydrogens (tertiary/aromatic N) is 1. The van der Waals surface area contributed by atoms with Gasteiger partial charge in [-0.1, -0.05) is 54.6 Å². The van der Waals surface area contributed by atoms with Crippen molar-refractivity contribution in [3.05, 3.63) is 126 Å². The van der Waals surface area contributed by atoms with Crippen LogP contribution in [0.15, 0.2) is 114 Å². The summed E-state index contributed by atoms with van der Waals surface area (Å²) < 4.78 is 5.30. The van der Waals surface area contributed by atoms with Crippen LogP contribution in [0, 0.1) is 0 Å². The van der Waals surface area contributed by atoms with Crippen LogP contribution < -0.4 is 20.3 Å². The molecule has 8 heteroatoms. The maximum Gasteiger partial charge on any atom is 0.272 e. The number of hydrogen-bond acceptors (Lipinski definition) is 5. The fraction of sp³-hybridized carbons (Fsp3) is 0.121. The summed E-state index contributed by atoms with van der Waals surface area (Å²) >= 11 is 1.41. The molecule has 41 heavy (non-hydrogen) atoms. The molecule has 0 aromatic heterocycles. The quantitative estimate of drug-likeness (QED) is 0.199. The van der Waals surface area contributed by atoms with E-state index in [1.807, 2.05) is 59.5 Å². The van der Waals surface area contributed by atoms with Gasteiger partial charge in [0.1, 0.15) is 11.4 Å². The van der Waals surface area contributed by atoms with Gasteiger partial charge in [-0.3, -0.25) is 14.4 Å². The second-order valence-corrected chi connectivity index (χ2v) is 10.4. The standard InChI is InChI=1S/C33H29N3O4S/c1-40-27-14-7-9-23(19-27)20-29(35-32(38)25-11-3-2-4-12-25)33(39)34-26-13-8-15-28(21-26)41-22-31(37)36-18-17-24-10-5-6-16-30(24)36/h2-16,19-21H,17-18,22H2,1H3,(H,34,39)(H,35,38)/b29-20-. The van der Waals surface area contributed by atoms with E-state index in [0.717, 1.165) is 17.0 Å². The van der Waals surface area contributed by atoms with E-state index >= 15 is 0 Å². The van der Waals surface area contributed by atoms with E-state index in [9.17, 15) is 14.4 Å². The number of ether oxygens (including phenoxy) is 1. The van der Waals surface area contributed by atoms with E-state index in [4.69, 9.17) is 4.74 Å². The first-order valence-electron chi connectivity index (χ1n) is 13.1. The van der Waals surface area contributed by atoms with Crippen LogP contribution in [0.3, 0.4) is 0 Å². The second kappa shape index (κ2) is 13.0. The van der Waals surface area contributed by atoms with Crippen LogP contribution in [-0.4, -0.2) is 37.1 Å². The Morgan fingerprint density at radius 3 is 2.51 bits per heavy atom. The van der Waals surface area contributed by atoms with E-state index in [2.05, 4.69) is 16.7 Å². The van der Waals surface area contributed by atoms with Crippen molar-refractivity contribution in [3.8, 4) is 5.75 Å². The summed E-state index contributed by atoms with van der Waals surface area (Å²) in [5.74, 6) is 0.0659. The lowest BCUT2D eigenvalue weighted by atomic mass is 10.1. The Balaban J connectivity index is 1.29. The summed E-state index contributed by atoms with van der Waals surface area (Å²) in [5.41, 5.74) is 3.91. The minimum absolute atomic E-state index is 0.0431.